The van der Waals surface area contributed by atoms with E-state index in [1.165, 1.54) is 10.7 Å². The van der Waals surface area contributed by atoms with E-state index >= 15 is 0 Å². The summed E-state index contributed by atoms with van der Waals surface area (Å²) in [5.41, 5.74) is 0.524. The normalized spacial score (nSPS) is 12.4. The maximum absolute atomic E-state index is 11.8. The summed E-state index contributed by atoms with van der Waals surface area (Å²) in [6, 6.07) is 1.50. The van der Waals surface area contributed by atoms with Crippen molar-refractivity contribution in [1.29, 1.82) is 0 Å². The number of nitrogens with zero attached hydrogens (tertiary/aromatic N) is 3. The number of rotatable bonds is 8. The average Bonchev–Trinajstić information content (AvgIpc) is 2.37. The van der Waals surface area contributed by atoms with Crippen molar-refractivity contribution in [2.45, 2.75) is 12.6 Å². The third kappa shape index (κ3) is 5.37. The van der Waals surface area contributed by atoms with Gasteiger partial charge in [-0.2, -0.15) is 5.10 Å². The number of aromatic nitrogens is 2. The Labute approximate surface area is 112 Å². The Morgan fingerprint density at radius 1 is 1.58 bits per heavy atom. The van der Waals surface area contributed by atoms with Gasteiger partial charge in [0.1, 0.15) is 0 Å². The Morgan fingerprint density at radius 2 is 2.32 bits per heavy atom. The van der Waals surface area contributed by atoms with Crippen LogP contribution in [0.4, 0.5) is 5.69 Å². The van der Waals surface area contributed by atoms with Gasteiger partial charge in [-0.15, -0.1) is 0 Å². The number of nitrogens with one attached hydrogen (secondary N) is 1. The van der Waals surface area contributed by atoms with Crippen molar-refractivity contribution in [1.82, 2.24) is 15.1 Å². The molecule has 0 aromatic carbocycles. The zero-order valence-electron chi connectivity index (χ0n) is 11.7. The lowest BCUT2D eigenvalue weighted by molar-refractivity contribution is 0.138. The van der Waals surface area contributed by atoms with Crippen LogP contribution in [-0.2, 0) is 11.3 Å². The van der Waals surface area contributed by atoms with Crippen LogP contribution in [0.15, 0.2) is 17.1 Å². The SMILES string of the molecule is COCCNCC(O)Cn1ncc(N(C)C)cc1=O. The van der Waals surface area contributed by atoms with Crippen LogP contribution in [0.3, 0.4) is 0 Å². The van der Waals surface area contributed by atoms with Crippen molar-refractivity contribution >= 4 is 5.69 Å². The first kappa shape index (κ1) is 15.6. The Balaban J connectivity index is 2.50. The molecule has 0 fully saturated rings. The summed E-state index contributed by atoms with van der Waals surface area (Å²) in [6.07, 6.45) is 0.944. The number of aliphatic hydroxyl groups is 1. The highest BCUT2D eigenvalue weighted by molar-refractivity contribution is 5.40. The standard InChI is InChI=1S/C12H22N4O3/c1-15(2)10-6-12(18)16(14-7-10)9-11(17)8-13-4-5-19-3/h6-7,11,13,17H,4-5,8-9H2,1-3H3. The highest BCUT2D eigenvalue weighted by Gasteiger charge is 2.08. The first-order chi connectivity index (χ1) is 9.04. The van der Waals surface area contributed by atoms with Gasteiger partial charge in [0.25, 0.3) is 5.56 Å². The van der Waals surface area contributed by atoms with E-state index < -0.39 is 6.10 Å². The molecule has 1 aromatic rings. The minimum Gasteiger partial charge on any atom is -0.390 e. The molecule has 0 amide bonds. The van der Waals surface area contributed by atoms with Crippen molar-refractivity contribution in [3.05, 3.63) is 22.6 Å². The van der Waals surface area contributed by atoms with Gasteiger partial charge in [-0.3, -0.25) is 4.79 Å². The molecular weight excluding hydrogens is 248 g/mol. The molecule has 0 saturated heterocycles. The van der Waals surface area contributed by atoms with Crippen LogP contribution in [0, 0.1) is 0 Å². The van der Waals surface area contributed by atoms with E-state index in [2.05, 4.69) is 10.4 Å². The van der Waals surface area contributed by atoms with Gasteiger partial charge in [0.2, 0.25) is 0 Å². The Morgan fingerprint density at radius 3 is 2.89 bits per heavy atom. The molecule has 19 heavy (non-hydrogen) atoms. The fourth-order valence-corrected chi connectivity index (χ4v) is 1.51. The van der Waals surface area contributed by atoms with Gasteiger partial charge in [0.15, 0.2) is 0 Å². The lowest BCUT2D eigenvalue weighted by atomic mass is 10.3. The lowest BCUT2D eigenvalue weighted by Gasteiger charge is -2.15. The molecule has 2 N–H and O–H groups in total. The van der Waals surface area contributed by atoms with Crippen LogP contribution in [0.5, 0.6) is 0 Å². The Kier molecular flexibility index (Phi) is 6.48. The minimum absolute atomic E-state index is 0.173. The van der Waals surface area contributed by atoms with Crippen LogP contribution in [-0.4, -0.2) is 61.9 Å². The lowest BCUT2D eigenvalue weighted by Crippen LogP contribution is -2.36. The minimum atomic E-state index is -0.660. The van der Waals surface area contributed by atoms with Gasteiger partial charge in [-0.25, -0.2) is 4.68 Å². The van der Waals surface area contributed by atoms with Crippen molar-refractivity contribution in [3.8, 4) is 0 Å². The zero-order valence-corrected chi connectivity index (χ0v) is 11.7. The van der Waals surface area contributed by atoms with Crippen LogP contribution in [0.25, 0.3) is 0 Å². The average molecular weight is 270 g/mol. The molecule has 7 nitrogen and oxygen atoms in total. The largest absolute Gasteiger partial charge is 0.390 e. The number of aliphatic hydroxyl groups excluding tert-OH is 1. The molecule has 1 unspecified atom stereocenters. The van der Waals surface area contributed by atoms with Crippen LogP contribution in [0.1, 0.15) is 0 Å². The Hall–Kier alpha value is -1.44. The molecule has 0 bridgehead atoms. The fraction of sp³-hybridized carbons (Fsp3) is 0.667. The summed E-state index contributed by atoms with van der Waals surface area (Å²) in [5, 5.41) is 16.9. The van der Waals surface area contributed by atoms with Gasteiger partial charge >= 0.3 is 0 Å². The molecule has 1 heterocycles. The maximum atomic E-state index is 11.8. The molecule has 0 saturated carbocycles. The topological polar surface area (TPSA) is 79.6 Å². The number of ether oxygens (including phenoxy) is 1. The second kappa shape index (κ2) is 7.88. The first-order valence-corrected chi connectivity index (χ1v) is 6.16. The molecule has 7 heteroatoms. The highest BCUT2D eigenvalue weighted by atomic mass is 16.5. The first-order valence-electron chi connectivity index (χ1n) is 6.16. The summed E-state index contributed by atoms with van der Waals surface area (Å²) in [6.45, 7) is 1.82. The number of hydrogen-bond acceptors (Lipinski definition) is 6. The smallest absolute Gasteiger partial charge is 0.268 e. The predicted molar refractivity (Wildman–Crippen MR) is 73.6 cm³/mol. The fourth-order valence-electron chi connectivity index (χ4n) is 1.51. The second-order valence-electron chi connectivity index (χ2n) is 4.48. The van der Waals surface area contributed by atoms with E-state index in [4.69, 9.17) is 4.74 Å². The van der Waals surface area contributed by atoms with Crippen LogP contribution >= 0.6 is 0 Å². The highest BCUT2D eigenvalue weighted by Crippen LogP contribution is 2.03. The van der Waals surface area contributed by atoms with E-state index in [9.17, 15) is 9.90 Å². The molecule has 0 radical (unpaired) electrons. The molecule has 1 atom stereocenters. The second-order valence-corrected chi connectivity index (χ2v) is 4.48. The molecule has 0 spiro atoms. The Bertz CT molecular complexity index is 433. The van der Waals surface area contributed by atoms with Crippen LogP contribution in [0.2, 0.25) is 0 Å². The number of methoxy groups -OCH3 is 1. The van der Waals surface area contributed by atoms with Gasteiger partial charge in [-0.05, 0) is 0 Å². The van der Waals surface area contributed by atoms with Crippen molar-refractivity contribution in [2.75, 3.05) is 45.8 Å². The van der Waals surface area contributed by atoms with Gasteiger partial charge < -0.3 is 20.1 Å². The summed E-state index contributed by atoms with van der Waals surface area (Å²) < 4.78 is 6.14. The van der Waals surface area contributed by atoms with E-state index in [1.807, 2.05) is 19.0 Å². The molecular formula is C12H22N4O3. The molecule has 0 aliphatic carbocycles. The molecule has 1 rings (SSSR count). The molecule has 1 aromatic heterocycles. The molecule has 0 aliphatic rings. The van der Waals surface area contributed by atoms with E-state index in [1.54, 1.807) is 13.3 Å². The summed E-state index contributed by atoms with van der Waals surface area (Å²) >= 11 is 0. The molecule has 0 aliphatic heterocycles. The van der Waals surface area contributed by atoms with E-state index in [0.717, 1.165) is 5.69 Å². The summed E-state index contributed by atoms with van der Waals surface area (Å²) in [4.78, 5) is 13.6. The van der Waals surface area contributed by atoms with Crippen molar-refractivity contribution in [3.63, 3.8) is 0 Å². The van der Waals surface area contributed by atoms with Gasteiger partial charge in [0, 0.05) is 40.4 Å². The maximum Gasteiger partial charge on any atom is 0.268 e. The third-order valence-electron chi connectivity index (χ3n) is 2.62. The molecule has 108 valence electrons. The monoisotopic (exact) mass is 270 g/mol. The van der Waals surface area contributed by atoms with E-state index in [-0.39, 0.29) is 12.1 Å². The van der Waals surface area contributed by atoms with Gasteiger partial charge in [-0.1, -0.05) is 0 Å². The van der Waals surface area contributed by atoms with Crippen molar-refractivity contribution in [2.24, 2.45) is 0 Å². The van der Waals surface area contributed by atoms with E-state index in [0.29, 0.717) is 19.7 Å². The summed E-state index contributed by atoms with van der Waals surface area (Å²) in [7, 11) is 5.30. The van der Waals surface area contributed by atoms with Gasteiger partial charge in [0.05, 0.1) is 31.1 Å². The number of hydrogen-bond donors (Lipinski definition) is 2. The van der Waals surface area contributed by atoms with Crippen LogP contribution < -0.4 is 15.8 Å². The quantitative estimate of drug-likeness (QED) is 0.584. The van der Waals surface area contributed by atoms with Crippen molar-refractivity contribution < 1.29 is 9.84 Å². The predicted octanol–water partition coefficient (Wildman–Crippen LogP) is -1.09. The summed E-state index contributed by atoms with van der Waals surface area (Å²) in [5.74, 6) is 0. The third-order valence-corrected chi connectivity index (χ3v) is 2.62. The zero-order chi connectivity index (χ0) is 14.3. The number of anilines is 1.